The molecular formula is C20H32N6+2. The van der Waals surface area contributed by atoms with E-state index in [-0.39, 0.29) is 0 Å². The first-order valence-electron chi connectivity index (χ1n) is 8.69. The molecule has 0 spiro atoms. The Balaban J connectivity index is 2.60. The Morgan fingerprint density at radius 3 is 1.00 bits per heavy atom. The highest BCUT2D eigenvalue weighted by atomic mass is 15.3. The van der Waals surface area contributed by atoms with E-state index in [1.807, 2.05) is 0 Å². The van der Waals surface area contributed by atoms with Crippen LogP contribution in [0.4, 0.5) is 11.4 Å². The maximum absolute atomic E-state index is 2.15. The van der Waals surface area contributed by atoms with Gasteiger partial charge in [-0.05, 0) is 0 Å². The van der Waals surface area contributed by atoms with Gasteiger partial charge in [-0.15, -0.1) is 0 Å². The number of hydrogen-bond donors (Lipinski definition) is 0. The van der Waals surface area contributed by atoms with Crippen LogP contribution in [0.3, 0.4) is 0 Å². The van der Waals surface area contributed by atoms with Gasteiger partial charge in [0.15, 0.2) is 0 Å². The molecule has 2 aromatic rings. The second-order valence-corrected chi connectivity index (χ2v) is 7.15. The first-order chi connectivity index (χ1) is 12.2. The lowest BCUT2D eigenvalue weighted by Gasteiger charge is -2.18. The summed E-state index contributed by atoms with van der Waals surface area (Å²) >= 11 is 0. The van der Waals surface area contributed by atoms with Crippen molar-refractivity contribution in [2.24, 2.45) is 0 Å². The van der Waals surface area contributed by atoms with Crippen LogP contribution >= 0.6 is 0 Å². The highest BCUT2D eigenvalue weighted by molar-refractivity contribution is 5.57. The van der Waals surface area contributed by atoms with E-state index in [4.69, 9.17) is 0 Å². The predicted octanol–water partition coefficient (Wildman–Crippen LogP) is 1.26. The number of aromatic nitrogens is 2. The van der Waals surface area contributed by atoms with Crippen LogP contribution in [0.15, 0.2) is 49.1 Å². The van der Waals surface area contributed by atoms with E-state index in [2.05, 4.69) is 134 Å². The van der Waals surface area contributed by atoms with E-state index in [0.29, 0.717) is 0 Å². The Morgan fingerprint density at radius 1 is 0.538 bits per heavy atom. The van der Waals surface area contributed by atoms with Crippen LogP contribution in [-0.2, 0) is 0 Å². The highest BCUT2D eigenvalue weighted by Gasteiger charge is 2.29. The lowest BCUT2D eigenvalue weighted by atomic mass is 10.3. The second-order valence-electron chi connectivity index (χ2n) is 7.15. The normalized spacial score (nSPS) is 11.7. The Kier molecular flexibility index (Phi) is 6.08. The number of hydrogen-bond acceptors (Lipinski definition) is 4. The molecule has 0 radical (unpaired) electrons. The molecule has 0 fully saturated rings. The standard InChI is InChI=1S/C20H32N6/c1-21(2)17-9-13-25(14-10-17)19(23(5)6)20(24(7)8)26-15-11-18(12-16-26)22(3)4/h9-16H,1-8H3/q+2/b20-19+. The van der Waals surface area contributed by atoms with Crippen molar-refractivity contribution in [1.29, 1.82) is 0 Å². The SMILES string of the molecule is CN(C)/C(=C(/N(C)C)[n+]1ccc(N(C)C)cc1)[n+]1ccc(N(C)C)cc1. The molecule has 0 saturated carbocycles. The zero-order chi connectivity index (χ0) is 19.4. The van der Waals surface area contributed by atoms with Crippen LogP contribution in [0.5, 0.6) is 0 Å². The third-order valence-corrected chi connectivity index (χ3v) is 4.19. The van der Waals surface area contributed by atoms with Gasteiger partial charge in [-0.2, -0.15) is 9.13 Å². The summed E-state index contributed by atoms with van der Waals surface area (Å²) in [5, 5.41) is 0. The number of nitrogens with zero attached hydrogens (tertiary/aromatic N) is 6. The minimum atomic E-state index is 1.09. The Morgan fingerprint density at radius 2 is 0.808 bits per heavy atom. The molecule has 0 atom stereocenters. The quantitative estimate of drug-likeness (QED) is 0.726. The summed E-state index contributed by atoms with van der Waals surface area (Å²) in [6.45, 7) is 0. The average Bonchev–Trinajstić information content (AvgIpc) is 2.59. The summed E-state index contributed by atoms with van der Waals surface area (Å²) in [5.74, 6) is 2.17. The van der Waals surface area contributed by atoms with E-state index in [1.54, 1.807) is 0 Å². The fraction of sp³-hybridized carbons (Fsp3) is 0.400. The second kappa shape index (κ2) is 8.08. The minimum absolute atomic E-state index is 1.09. The van der Waals surface area contributed by atoms with Crippen molar-refractivity contribution in [3.63, 3.8) is 0 Å². The van der Waals surface area contributed by atoms with Crippen LogP contribution in [0.2, 0.25) is 0 Å². The zero-order valence-electron chi connectivity index (χ0n) is 17.3. The summed E-state index contributed by atoms with van der Waals surface area (Å²) in [7, 11) is 16.5. The molecule has 140 valence electrons. The highest BCUT2D eigenvalue weighted by Crippen LogP contribution is 2.14. The van der Waals surface area contributed by atoms with Crippen molar-refractivity contribution >= 4 is 23.0 Å². The van der Waals surface area contributed by atoms with E-state index >= 15 is 0 Å². The van der Waals surface area contributed by atoms with Gasteiger partial charge in [0.2, 0.25) is 0 Å². The molecule has 0 aliphatic heterocycles. The van der Waals surface area contributed by atoms with Crippen LogP contribution in [-0.4, -0.2) is 66.2 Å². The van der Waals surface area contributed by atoms with Crippen molar-refractivity contribution in [3.8, 4) is 0 Å². The molecule has 0 aromatic carbocycles. The average molecular weight is 357 g/mol. The van der Waals surface area contributed by atoms with Crippen molar-refractivity contribution in [2.75, 3.05) is 66.2 Å². The van der Waals surface area contributed by atoms with E-state index < -0.39 is 0 Å². The molecule has 0 unspecified atom stereocenters. The molecule has 0 N–H and O–H groups in total. The van der Waals surface area contributed by atoms with Gasteiger partial charge in [0, 0.05) is 63.8 Å². The van der Waals surface area contributed by atoms with Crippen molar-refractivity contribution in [1.82, 2.24) is 9.80 Å². The third-order valence-electron chi connectivity index (χ3n) is 4.19. The lowest BCUT2D eigenvalue weighted by molar-refractivity contribution is -0.623. The van der Waals surface area contributed by atoms with Crippen LogP contribution in [0.25, 0.3) is 11.6 Å². The molecule has 0 bridgehead atoms. The van der Waals surface area contributed by atoms with Crippen molar-refractivity contribution < 1.29 is 9.13 Å². The molecule has 2 heterocycles. The van der Waals surface area contributed by atoms with Gasteiger partial charge in [0.1, 0.15) is 0 Å². The Hall–Kier alpha value is -2.76. The monoisotopic (exact) mass is 356 g/mol. The zero-order valence-corrected chi connectivity index (χ0v) is 17.3. The van der Waals surface area contributed by atoms with Gasteiger partial charge in [-0.1, -0.05) is 0 Å². The minimum Gasteiger partial charge on any atom is -0.377 e. The Bertz CT molecular complexity index is 677. The fourth-order valence-corrected chi connectivity index (χ4v) is 2.81. The van der Waals surface area contributed by atoms with Crippen LogP contribution < -0.4 is 18.9 Å². The topological polar surface area (TPSA) is 20.7 Å². The molecule has 6 nitrogen and oxygen atoms in total. The van der Waals surface area contributed by atoms with Crippen LogP contribution in [0, 0.1) is 0 Å². The van der Waals surface area contributed by atoms with Gasteiger partial charge in [-0.25, -0.2) is 0 Å². The maximum Gasteiger partial charge on any atom is 0.372 e. The number of pyridine rings is 2. The molecule has 2 aromatic heterocycles. The summed E-state index contributed by atoms with van der Waals surface area (Å²) in [6, 6.07) is 8.49. The van der Waals surface area contributed by atoms with Gasteiger partial charge in [0.25, 0.3) is 0 Å². The summed E-state index contributed by atoms with van der Waals surface area (Å²) < 4.78 is 4.30. The third kappa shape index (κ3) is 4.25. The molecule has 0 saturated heterocycles. The van der Waals surface area contributed by atoms with Crippen molar-refractivity contribution in [3.05, 3.63) is 49.1 Å². The first-order valence-corrected chi connectivity index (χ1v) is 8.69. The first kappa shape index (κ1) is 19.6. The summed E-state index contributed by atoms with van der Waals surface area (Å²) in [5.41, 5.74) is 2.35. The Labute approximate surface area is 157 Å². The van der Waals surface area contributed by atoms with Gasteiger partial charge < -0.3 is 9.80 Å². The van der Waals surface area contributed by atoms with E-state index in [1.165, 1.54) is 11.4 Å². The molecule has 0 aliphatic carbocycles. The molecule has 2 rings (SSSR count). The molecule has 0 amide bonds. The van der Waals surface area contributed by atoms with E-state index in [0.717, 1.165) is 11.6 Å². The number of rotatable bonds is 6. The van der Waals surface area contributed by atoms with E-state index in [9.17, 15) is 0 Å². The van der Waals surface area contributed by atoms with Gasteiger partial charge in [-0.3, -0.25) is 9.80 Å². The molecule has 0 aliphatic rings. The maximum atomic E-state index is 2.15. The number of anilines is 2. The molecule has 6 heteroatoms. The van der Waals surface area contributed by atoms with Gasteiger partial charge >= 0.3 is 11.6 Å². The van der Waals surface area contributed by atoms with Crippen molar-refractivity contribution in [2.45, 2.75) is 0 Å². The fourth-order valence-electron chi connectivity index (χ4n) is 2.81. The largest absolute Gasteiger partial charge is 0.377 e. The molecule has 26 heavy (non-hydrogen) atoms. The van der Waals surface area contributed by atoms with Gasteiger partial charge in [0.05, 0.1) is 53.0 Å². The van der Waals surface area contributed by atoms with Crippen LogP contribution in [0.1, 0.15) is 0 Å². The lowest BCUT2D eigenvalue weighted by Crippen LogP contribution is -2.48. The summed E-state index contributed by atoms with van der Waals surface area (Å²) in [6.07, 6.45) is 8.40. The smallest absolute Gasteiger partial charge is 0.372 e. The molecular weight excluding hydrogens is 324 g/mol. The predicted molar refractivity (Wildman–Crippen MR) is 109 cm³/mol. The summed E-state index contributed by atoms with van der Waals surface area (Å²) in [4.78, 5) is 8.48.